The molecule has 0 aliphatic carbocycles. The summed E-state index contributed by atoms with van der Waals surface area (Å²) in [7, 11) is 0. The van der Waals surface area contributed by atoms with E-state index in [1.807, 2.05) is 32.0 Å². The molecular formula is C20H18FN3O. The van der Waals surface area contributed by atoms with Crippen LogP contribution in [0.4, 0.5) is 21.5 Å². The van der Waals surface area contributed by atoms with Gasteiger partial charge in [-0.25, -0.2) is 4.39 Å². The highest BCUT2D eigenvalue weighted by molar-refractivity contribution is 6.04. The second kappa shape index (κ2) is 7.13. The molecule has 1 aromatic heterocycles. The molecule has 0 aliphatic rings. The first kappa shape index (κ1) is 16.6. The van der Waals surface area contributed by atoms with Crippen LogP contribution in [0.1, 0.15) is 21.5 Å². The standard InChI is InChI=1S/C20H18FN3O/c1-13-3-6-18(9-14(13)2)24-20(25)15-10-19(12-22-11-15)23-17-7-4-16(21)5-8-17/h3-12,23H,1-2H3,(H,24,25). The number of nitrogens with one attached hydrogen (secondary N) is 2. The molecule has 0 bridgehead atoms. The smallest absolute Gasteiger partial charge is 0.257 e. The van der Waals surface area contributed by atoms with Crippen molar-refractivity contribution in [1.82, 2.24) is 4.98 Å². The SMILES string of the molecule is Cc1ccc(NC(=O)c2cncc(Nc3ccc(F)cc3)c2)cc1C. The van der Waals surface area contributed by atoms with E-state index in [2.05, 4.69) is 15.6 Å². The molecule has 25 heavy (non-hydrogen) atoms. The third-order valence-corrected chi connectivity index (χ3v) is 3.90. The first-order valence-corrected chi connectivity index (χ1v) is 7.87. The zero-order valence-corrected chi connectivity index (χ0v) is 14.0. The highest BCUT2D eigenvalue weighted by Gasteiger charge is 2.08. The van der Waals surface area contributed by atoms with Gasteiger partial charge in [-0.1, -0.05) is 6.07 Å². The molecule has 2 N–H and O–H groups in total. The maximum atomic E-state index is 13.0. The lowest BCUT2D eigenvalue weighted by atomic mass is 10.1. The Morgan fingerprint density at radius 2 is 1.60 bits per heavy atom. The Kier molecular flexibility index (Phi) is 4.75. The van der Waals surface area contributed by atoms with Gasteiger partial charge in [0.25, 0.3) is 5.91 Å². The van der Waals surface area contributed by atoms with Gasteiger partial charge in [0.15, 0.2) is 0 Å². The van der Waals surface area contributed by atoms with Gasteiger partial charge in [0.05, 0.1) is 17.4 Å². The van der Waals surface area contributed by atoms with Crippen LogP contribution in [0.2, 0.25) is 0 Å². The van der Waals surface area contributed by atoms with Gasteiger partial charge in [0.2, 0.25) is 0 Å². The first-order valence-electron chi connectivity index (χ1n) is 7.87. The first-order chi connectivity index (χ1) is 12.0. The molecule has 0 aliphatic heterocycles. The minimum atomic E-state index is -0.301. The van der Waals surface area contributed by atoms with Crippen LogP contribution in [-0.4, -0.2) is 10.9 Å². The van der Waals surface area contributed by atoms with Crippen LogP contribution >= 0.6 is 0 Å². The van der Waals surface area contributed by atoms with Gasteiger partial charge >= 0.3 is 0 Å². The molecule has 3 aromatic rings. The minimum Gasteiger partial charge on any atom is -0.354 e. The van der Waals surface area contributed by atoms with Gasteiger partial charge in [0, 0.05) is 17.6 Å². The van der Waals surface area contributed by atoms with Gasteiger partial charge in [-0.2, -0.15) is 0 Å². The Hall–Kier alpha value is -3.21. The second-order valence-corrected chi connectivity index (χ2v) is 5.85. The third-order valence-electron chi connectivity index (χ3n) is 3.90. The quantitative estimate of drug-likeness (QED) is 0.718. The van der Waals surface area contributed by atoms with E-state index in [1.54, 1.807) is 24.4 Å². The number of aromatic nitrogens is 1. The molecule has 0 fully saturated rings. The summed E-state index contributed by atoms with van der Waals surface area (Å²) in [5.74, 6) is -0.538. The number of pyridine rings is 1. The normalized spacial score (nSPS) is 10.4. The minimum absolute atomic E-state index is 0.237. The maximum Gasteiger partial charge on any atom is 0.257 e. The van der Waals surface area contributed by atoms with Crippen molar-refractivity contribution in [2.24, 2.45) is 0 Å². The van der Waals surface area contributed by atoms with Crippen molar-refractivity contribution in [1.29, 1.82) is 0 Å². The number of carbonyl (C=O) groups excluding carboxylic acids is 1. The monoisotopic (exact) mass is 335 g/mol. The second-order valence-electron chi connectivity index (χ2n) is 5.85. The van der Waals surface area contributed by atoms with Crippen molar-refractivity contribution in [3.63, 3.8) is 0 Å². The molecule has 0 saturated heterocycles. The number of hydrogen-bond acceptors (Lipinski definition) is 3. The molecule has 1 heterocycles. The van der Waals surface area contributed by atoms with Crippen LogP contribution in [-0.2, 0) is 0 Å². The fraction of sp³-hybridized carbons (Fsp3) is 0.100. The van der Waals surface area contributed by atoms with Crippen LogP contribution < -0.4 is 10.6 Å². The van der Waals surface area contributed by atoms with Gasteiger partial charge < -0.3 is 10.6 Å². The van der Waals surface area contributed by atoms with Crippen LogP contribution in [0.25, 0.3) is 0 Å². The Morgan fingerprint density at radius 3 is 2.32 bits per heavy atom. The zero-order valence-electron chi connectivity index (χ0n) is 14.0. The number of carbonyl (C=O) groups is 1. The molecule has 0 unspecified atom stereocenters. The number of amides is 1. The Balaban J connectivity index is 1.74. The van der Waals surface area contributed by atoms with Crippen molar-refractivity contribution >= 4 is 23.0 Å². The van der Waals surface area contributed by atoms with E-state index in [4.69, 9.17) is 0 Å². The summed E-state index contributed by atoms with van der Waals surface area (Å²) in [6.45, 7) is 4.02. The number of aryl methyl sites for hydroxylation is 2. The summed E-state index contributed by atoms with van der Waals surface area (Å²) in [6, 6.07) is 13.4. The summed E-state index contributed by atoms with van der Waals surface area (Å²) < 4.78 is 13.0. The van der Waals surface area contributed by atoms with E-state index in [0.29, 0.717) is 11.3 Å². The van der Waals surface area contributed by atoms with Crippen molar-refractivity contribution in [2.45, 2.75) is 13.8 Å². The predicted octanol–water partition coefficient (Wildman–Crippen LogP) is 4.83. The van der Waals surface area contributed by atoms with E-state index >= 15 is 0 Å². The average Bonchev–Trinajstić information content (AvgIpc) is 2.60. The number of benzene rings is 2. The molecule has 0 radical (unpaired) electrons. The summed E-state index contributed by atoms with van der Waals surface area (Å²) >= 11 is 0. The fourth-order valence-corrected chi connectivity index (χ4v) is 2.35. The summed E-state index contributed by atoms with van der Waals surface area (Å²) in [5.41, 5.74) is 4.83. The summed E-state index contributed by atoms with van der Waals surface area (Å²) in [5, 5.41) is 5.97. The topological polar surface area (TPSA) is 54.0 Å². The summed E-state index contributed by atoms with van der Waals surface area (Å²) in [6.07, 6.45) is 3.11. The Morgan fingerprint density at radius 1 is 0.880 bits per heavy atom. The molecule has 1 amide bonds. The van der Waals surface area contributed by atoms with E-state index in [0.717, 1.165) is 16.9 Å². The van der Waals surface area contributed by atoms with Gasteiger partial charge in [-0.3, -0.25) is 9.78 Å². The third kappa shape index (κ3) is 4.20. The van der Waals surface area contributed by atoms with Gasteiger partial charge in [-0.05, 0) is 67.4 Å². The van der Waals surface area contributed by atoms with Crippen molar-refractivity contribution in [3.8, 4) is 0 Å². The molecule has 0 spiro atoms. The van der Waals surface area contributed by atoms with E-state index in [1.165, 1.54) is 23.9 Å². The van der Waals surface area contributed by atoms with Gasteiger partial charge in [-0.15, -0.1) is 0 Å². The lowest BCUT2D eigenvalue weighted by molar-refractivity contribution is 0.102. The molecule has 0 atom stereocenters. The van der Waals surface area contributed by atoms with Crippen molar-refractivity contribution in [3.05, 3.63) is 83.4 Å². The molecule has 3 rings (SSSR count). The molecular weight excluding hydrogens is 317 g/mol. The van der Waals surface area contributed by atoms with Crippen molar-refractivity contribution < 1.29 is 9.18 Å². The van der Waals surface area contributed by atoms with Crippen LogP contribution in [0.15, 0.2) is 60.9 Å². The molecule has 126 valence electrons. The molecule has 5 heteroatoms. The molecule has 0 saturated carbocycles. The highest BCUT2D eigenvalue weighted by atomic mass is 19.1. The number of nitrogens with zero attached hydrogens (tertiary/aromatic N) is 1. The number of halogens is 1. The van der Waals surface area contributed by atoms with Crippen LogP contribution in [0.3, 0.4) is 0 Å². The van der Waals surface area contributed by atoms with E-state index in [-0.39, 0.29) is 11.7 Å². The van der Waals surface area contributed by atoms with Crippen molar-refractivity contribution in [2.75, 3.05) is 10.6 Å². The van der Waals surface area contributed by atoms with Crippen LogP contribution in [0, 0.1) is 19.7 Å². The Bertz CT molecular complexity index is 907. The lowest BCUT2D eigenvalue weighted by Crippen LogP contribution is -2.12. The average molecular weight is 335 g/mol. The number of anilines is 3. The van der Waals surface area contributed by atoms with E-state index < -0.39 is 0 Å². The largest absolute Gasteiger partial charge is 0.354 e. The predicted molar refractivity (Wildman–Crippen MR) is 97.8 cm³/mol. The van der Waals surface area contributed by atoms with E-state index in [9.17, 15) is 9.18 Å². The fourth-order valence-electron chi connectivity index (χ4n) is 2.35. The maximum absolute atomic E-state index is 13.0. The molecule has 4 nitrogen and oxygen atoms in total. The Labute approximate surface area is 145 Å². The van der Waals surface area contributed by atoms with Crippen LogP contribution in [0.5, 0.6) is 0 Å². The lowest BCUT2D eigenvalue weighted by Gasteiger charge is -2.10. The summed E-state index contributed by atoms with van der Waals surface area (Å²) in [4.78, 5) is 16.5. The van der Waals surface area contributed by atoms with Gasteiger partial charge in [0.1, 0.15) is 5.82 Å². The molecule has 2 aromatic carbocycles. The number of hydrogen-bond donors (Lipinski definition) is 2. The zero-order chi connectivity index (χ0) is 17.8. The number of rotatable bonds is 4. The highest BCUT2D eigenvalue weighted by Crippen LogP contribution is 2.19.